The molecule has 0 unspecified atom stereocenters. The molecule has 0 amide bonds. The lowest BCUT2D eigenvalue weighted by molar-refractivity contribution is 0.479. The third-order valence-electron chi connectivity index (χ3n) is 3.49. The van der Waals surface area contributed by atoms with E-state index in [-0.39, 0.29) is 5.03 Å². The monoisotopic (exact) mass is 384 g/mol. The van der Waals surface area contributed by atoms with Crippen LogP contribution in [0.15, 0.2) is 71.9 Å². The number of benzene rings is 2. The van der Waals surface area contributed by atoms with Gasteiger partial charge in [-0.1, -0.05) is 24.3 Å². The molecule has 130 valence electrons. The molecule has 9 heteroatoms. The predicted octanol–water partition coefficient (Wildman–Crippen LogP) is 3.68. The van der Waals surface area contributed by atoms with Crippen molar-refractivity contribution in [2.45, 2.75) is 5.03 Å². The van der Waals surface area contributed by atoms with Crippen LogP contribution in [0.1, 0.15) is 0 Å². The molecule has 4 aromatic rings. The average molecular weight is 384 g/mol. The zero-order chi connectivity index (χ0) is 18.0. The quantitative estimate of drug-likeness (QED) is 0.564. The van der Waals surface area contributed by atoms with Crippen LogP contribution in [0.3, 0.4) is 0 Å². The van der Waals surface area contributed by atoms with Crippen molar-refractivity contribution < 1.29 is 13.2 Å². The second-order valence-electron chi connectivity index (χ2n) is 5.29. The maximum atomic E-state index is 12.6. The van der Waals surface area contributed by atoms with Crippen LogP contribution in [0.5, 0.6) is 11.5 Å². The molecule has 1 N–H and O–H groups in total. The summed E-state index contributed by atoms with van der Waals surface area (Å²) in [6, 6.07) is 17.2. The summed E-state index contributed by atoms with van der Waals surface area (Å²) in [4.78, 5) is 4.00. The first-order valence-electron chi connectivity index (χ1n) is 7.55. The van der Waals surface area contributed by atoms with E-state index in [4.69, 9.17) is 4.74 Å². The van der Waals surface area contributed by atoms with Gasteiger partial charge in [0.1, 0.15) is 22.5 Å². The SMILES string of the molecule is O=S(=O)(Nc1cccc2nsnc12)c1ccc(Oc2ccccc2)cn1. The standard InChI is InChI=1S/C17H12N4O3S2/c22-26(23,21-15-8-4-7-14-17(15)20-25-19-14)16-10-9-13(11-18-16)24-12-5-2-1-3-6-12/h1-11,21H. The van der Waals surface area contributed by atoms with Crippen LogP contribution in [-0.4, -0.2) is 22.1 Å². The number of sulfonamides is 1. The maximum Gasteiger partial charge on any atom is 0.279 e. The summed E-state index contributed by atoms with van der Waals surface area (Å²) in [6.45, 7) is 0. The van der Waals surface area contributed by atoms with Crippen molar-refractivity contribution in [3.05, 3.63) is 66.9 Å². The number of rotatable bonds is 5. The first kappa shape index (κ1) is 16.4. The Morgan fingerprint density at radius 2 is 1.73 bits per heavy atom. The van der Waals surface area contributed by atoms with Gasteiger partial charge in [-0.3, -0.25) is 4.72 Å². The van der Waals surface area contributed by atoms with Gasteiger partial charge in [0.25, 0.3) is 10.0 Å². The minimum Gasteiger partial charge on any atom is -0.456 e. The highest BCUT2D eigenvalue weighted by Crippen LogP contribution is 2.25. The largest absolute Gasteiger partial charge is 0.456 e. The first-order chi connectivity index (χ1) is 12.6. The van der Waals surface area contributed by atoms with Gasteiger partial charge in [0.05, 0.1) is 23.6 Å². The summed E-state index contributed by atoms with van der Waals surface area (Å²) in [5.74, 6) is 1.09. The van der Waals surface area contributed by atoms with Crippen molar-refractivity contribution in [2.75, 3.05) is 4.72 Å². The van der Waals surface area contributed by atoms with Crippen LogP contribution in [0.4, 0.5) is 5.69 Å². The van der Waals surface area contributed by atoms with Gasteiger partial charge in [0.15, 0.2) is 5.03 Å². The van der Waals surface area contributed by atoms with Gasteiger partial charge >= 0.3 is 0 Å². The number of para-hydroxylation sites is 1. The first-order valence-corrected chi connectivity index (χ1v) is 9.76. The lowest BCUT2D eigenvalue weighted by atomic mass is 10.3. The molecule has 0 radical (unpaired) electrons. The molecule has 0 spiro atoms. The fourth-order valence-corrected chi connectivity index (χ4v) is 3.84. The summed E-state index contributed by atoms with van der Waals surface area (Å²) < 4.78 is 41.5. The third-order valence-corrected chi connectivity index (χ3v) is 5.32. The molecule has 0 saturated heterocycles. The highest BCUT2D eigenvalue weighted by Gasteiger charge is 2.18. The zero-order valence-corrected chi connectivity index (χ0v) is 14.9. The number of nitrogens with one attached hydrogen (secondary N) is 1. The Morgan fingerprint density at radius 1 is 0.885 bits per heavy atom. The van der Waals surface area contributed by atoms with Crippen molar-refractivity contribution in [3.8, 4) is 11.5 Å². The topological polar surface area (TPSA) is 94.1 Å². The van der Waals surface area contributed by atoms with E-state index >= 15 is 0 Å². The summed E-state index contributed by atoms with van der Waals surface area (Å²) in [5, 5.41) is -0.113. The number of nitrogens with zero attached hydrogens (tertiary/aromatic N) is 3. The molecule has 4 rings (SSSR count). The fourth-order valence-electron chi connectivity index (χ4n) is 2.30. The van der Waals surface area contributed by atoms with Gasteiger partial charge in [0, 0.05) is 0 Å². The Kier molecular flexibility index (Phi) is 4.23. The second kappa shape index (κ2) is 6.70. The molecule has 0 fully saturated rings. The number of ether oxygens (including phenoxy) is 1. The number of hydrogen-bond acceptors (Lipinski definition) is 7. The van der Waals surface area contributed by atoms with Gasteiger partial charge in [-0.15, -0.1) is 0 Å². The second-order valence-corrected chi connectivity index (χ2v) is 7.45. The van der Waals surface area contributed by atoms with Gasteiger partial charge in [-0.2, -0.15) is 17.2 Å². The normalized spacial score (nSPS) is 11.4. The number of anilines is 1. The van der Waals surface area contributed by atoms with Crippen molar-refractivity contribution in [1.29, 1.82) is 0 Å². The molecule has 26 heavy (non-hydrogen) atoms. The van der Waals surface area contributed by atoms with Crippen molar-refractivity contribution >= 4 is 38.5 Å². The van der Waals surface area contributed by atoms with Gasteiger partial charge in [-0.25, -0.2) is 4.98 Å². The highest BCUT2D eigenvalue weighted by molar-refractivity contribution is 7.92. The van der Waals surface area contributed by atoms with E-state index in [0.717, 1.165) is 11.7 Å². The van der Waals surface area contributed by atoms with Crippen LogP contribution in [0.2, 0.25) is 0 Å². The fraction of sp³-hybridized carbons (Fsp3) is 0. The Morgan fingerprint density at radius 3 is 2.50 bits per heavy atom. The van der Waals surface area contributed by atoms with Crippen LogP contribution < -0.4 is 9.46 Å². The van der Waals surface area contributed by atoms with E-state index < -0.39 is 10.0 Å². The van der Waals surface area contributed by atoms with Crippen molar-refractivity contribution in [1.82, 2.24) is 13.7 Å². The number of fused-ring (bicyclic) bond motifs is 1. The average Bonchev–Trinajstić information content (AvgIpc) is 3.13. The highest BCUT2D eigenvalue weighted by atomic mass is 32.2. The number of hydrogen-bond donors (Lipinski definition) is 1. The van der Waals surface area contributed by atoms with E-state index in [9.17, 15) is 8.42 Å². The minimum absolute atomic E-state index is 0.113. The summed E-state index contributed by atoms with van der Waals surface area (Å²) in [7, 11) is -3.85. The molecular formula is C17H12N4O3S2. The molecule has 0 aliphatic carbocycles. The van der Waals surface area contributed by atoms with Crippen molar-refractivity contribution in [2.24, 2.45) is 0 Å². The van der Waals surface area contributed by atoms with E-state index in [1.165, 1.54) is 12.3 Å². The zero-order valence-electron chi connectivity index (χ0n) is 13.2. The smallest absolute Gasteiger partial charge is 0.279 e. The molecule has 0 aliphatic rings. The molecule has 0 aliphatic heterocycles. The molecule has 2 heterocycles. The Labute approximate surface area is 153 Å². The minimum atomic E-state index is -3.85. The Balaban J connectivity index is 1.57. The maximum absolute atomic E-state index is 12.6. The van der Waals surface area contributed by atoms with E-state index in [0.29, 0.717) is 28.2 Å². The van der Waals surface area contributed by atoms with E-state index in [1.54, 1.807) is 36.4 Å². The van der Waals surface area contributed by atoms with Crippen molar-refractivity contribution in [3.63, 3.8) is 0 Å². The summed E-state index contributed by atoms with van der Waals surface area (Å²) in [5.41, 5.74) is 1.50. The Bertz CT molecular complexity index is 1140. The van der Waals surface area contributed by atoms with Gasteiger partial charge < -0.3 is 4.74 Å². The molecule has 2 aromatic heterocycles. The molecule has 7 nitrogen and oxygen atoms in total. The Hall–Kier alpha value is -3.04. The van der Waals surface area contributed by atoms with E-state index in [2.05, 4.69) is 18.5 Å². The number of aromatic nitrogens is 3. The molecule has 0 bridgehead atoms. The van der Waals surface area contributed by atoms with Gasteiger partial charge in [0.2, 0.25) is 0 Å². The van der Waals surface area contributed by atoms with Crippen LogP contribution in [0.25, 0.3) is 11.0 Å². The molecule has 2 aromatic carbocycles. The molecule has 0 saturated carbocycles. The lowest BCUT2D eigenvalue weighted by Crippen LogP contribution is -2.14. The molecular weight excluding hydrogens is 372 g/mol. The van der Waals surface area contributed by atoms with E-state index in [1.807, 2.05) is 18.2 Å². The summed E-state index contributed by atoms with van der Waals surface area (Å²) in [6.07, 6.45) is 1.37. The van der Waals surface area contributed by atoms with Gasteiger partial charge in [-0.05, 0) is 36.4 Å². The third kappa shape index (κ3) is 3.35. The number of pyridine rings is 1. The molecule has 0 atom stereocenters. The van der Waals surface area contributed by atoms with Crippen LogP contribution >= 0.6 is 11.7 Å². The van der Waals surface area contributed by atoms with Crippen LogP contribution in [-0.2, 0) is 10.0 Å². The summed E-state index contributed by atoms with van der Waals surface area (Å²) >= 11 is 1.02. The van der Waals surface area contributed by atoms with Crippen LogP contribution in [0, 0.1) is 0 Å². The predicted molar refractivity (Wildman–Crippen MR) is 99.0 cm³/mol. The lowest BCUT2D eigenvalue weighted by Gasteiger charge is -2.09.